The molecule has 1 aromatic rings. The van der Waals surface area contributed by atoms with Crippen molar-refractivity contribution >= 4 is 0 Å². The molecule has 2 heterocycles. The maximum absolute atomic E-state index is 5.79. The second kappa shape index (κ2) is 6.37. The first-order chi connectivity index (χ1) is 9.42. The third kappa shape index (κ3) is 3.47. The molecule has 104 valence electrons. The fraction of sp³-hybridized carbons (Fsp3) is 0.600. The van der Waals surface area contributed by atoms with Crippen LogP contribution in [-0.4, -0.2) is 50.4 Å². The van der Waals surface area contributed by atoms with Crippen LogP contribution in [0.1, 0.15) is 12.0 Å². The summed E-state index contributed by atoms with van der Waals surface area (Å²) in [5, 5.41) is 3.51. The van der Waals surface area contributed by atoms with Crippen molar-refractivity contribution in [1.29, 1.82) is 0 Å². The maximum atomic E-state index is 5.79. The van der Waals surface area contributed by atoms with Crippen molar-refractivity contribution < 1.29 is 9.47 Å². The van der Waals surface area contributed by atoms with E-state index in [1.54, 1.807) is 0 Å². The minimum absolute atomic E-state index is 0.508. The maximum Gasteiger partial charge on any atom is 0.123 e. The van der Waals surface area contributed by atoms with Crippen molar-refractivity contribution in [2.75, 3.05) is 39.5 Å². The Hall–Kier alpha value is -1.10. The number of ether oxygens (including phenoxy) is 2. The first kappa shape index (κ1) is 12.9. The largest absolute Gasteiger partial charge is 0.492 e. The molecule has 0 aromatic heterocycles. The lowest BCUT2D eigenvalue weighted by atomic mass is 10.1. The molecule has 1 saturated heterocycles. The number of hydrogen-bond donors (Lipinski definition) is 1. The average Bonchev–Trinajstić information content (AvgIpc) is 2.68. The summed E-state index contributed by atoms with van der Waals surface area (Å²) in [7, 11) is 0. The summed E-state index contributed by atoms with van der Waals surface area (Å²) in [5.74, 6) is 1.05. The summed E-state index contributed by atoms with van der Waals surface area (Å²) in [4.78, 5) is 2.47. The Kier molecular flexibility index (Phi) is 4.33. The lowest BCUT2D eigenvalue weighted by molar-refractivity contribution is 0.0692. The van der Waals surface area contributed by atoms with Crippen LogP contribution in [-0.2, 0) is 11.3 Å². The molecular weight excluding hydrogens is 240 g/mol. The summed E-state index contributed by atoms with van der Waals surface area (Å²) in [6.07, 6.45) is 1.14. The molecule has 1 unspecified atom stereocenters. The molecular formula is C15H22N2O2. The van der Waals surface area contributed by atoms with Crippen LogP contribution in [0.15, 0.2) is 24.3 Å². The molecule has 0 aliphatic carbocycles. The van der Waals surface area contributed by atoms with Gasteiger partial charge in [0.05, 0.1) is 13.2 Å². The van der Waals surface area contributed by atoms with Gasteiger partial charge in [0.1, 0.15) is 12.4 Å². The van der Waals surface area contributed by atoms with Gasteiger partial charge >= 0.3 is 0 Å². The SMILES string of the molecule is c1ccc2c(c1)CN(CCC1COCCN1)CCO2. The van der Waals surface area contributed by atoms with Gasteiger partial charge in [0.25, 0.3) is 0 Å². The van der Waals surface area contributed by atoms with Crippen molar-refractivity contribution in [3.8, 4) is 5.75 Å². The molecule has 2 aliphatic rings. The molecule has 4 nitrogen and oxygen atoms in total. The molecule has 19 heavy (non-hydrogen) atoms. The van der Waals surface area contributed by atoms with Crippen molar-refractivity contribution in [3.63, 3.8) is 0 Å². The summed E-state index contributed by atoms with van der Waals surface area (Å²) in [6, 6.07) is 8.86. The molecule has 1 fully saturated rings. The smallest absolute Gasteiger partial charge is 0.123 e. The number of morpholine rings is 1. The van der Waals surface area contributed by atoms with Crippen LogP contribution in [0.3, 0.4) is 0 Å². The quantitative estimate of drug-likeness (QED) is 0.889. The zero-order valence-electron chi connectivity index (χ0n) is 11.3. The third-order valence-electron chi connectivity index (χ3n) is 3.82. The van der Waals surface area contributed by atoms with Gasteiger partial charge in [0.15, 0.2) is 0 Å². The molecule has 2 aliphatic heterocycles. The van der Waals surface area contributed by atoms with E-state index in [-0.39, 0.29) is 0 Å². The Morgan fingerprint density at radius 1 is 1.26 bits per heavy atom. The standard InChI is InChI=1S/C15H22N2O2/c1-2-4-15-13(3-1)11-17(8-10-19-15)7-5-14-12-18-9-6-16-14/h1-4,14,16H,5-12H2. The number of fused-ring (bicyclic) bond motifs is 1. The Balaban J connectivity index is 1.54. The van der Waals surface area contributed by atoms with Gasteiger partial charge in [0, 0.05) is 37.8 Å². The van der Waals surface area contributed by atoms with Crippen molar-refractivity contribution in [3.05, 3.63) is 29.8 Å². The van der Waals surface area contributed by atoms with Gasteiger partial charge in [-0.15, -0.1) is 0 Å². The average molecular weight is 262 g/mol. The first-order valence-electron chi connectivity index (χ1n) is 7.16. The van der Waals surface area contributed by atoms with E-state index in [1.807, 2.05) is 6.07 Å². The molecule has 0 radical (unpaired) electrons. The second-order valence-corrected chi connectivity index (χ2v) is 5.25. The third-order valence-corrected chi connectivity index (χ3v) is 3.82. The fourth-order valence-electron chi connectivity index (χ4n) is 2.71. The van der Waals surface area contributed by atoms with Crippen LogP contribution < -0.4 is 10.1 Å². The summed E-state index contributed by atoms with van der Waals surface area (Å²) < 4.78 is 11.3. The summed E-state index contributed by atoms with van der Waals surface area (Å²) in [5.41, 5.74) is 1.30. The van der Waals surface area contributed by atoms with E-state index in [0.717, 1.165) is 58.2 Å². The Bertz CT molecular complexity index is 405. The zero-order chi connectivity index (χ0) is 12.9. The minimum atomic E-state index is 0.508. The highest BCUT2D eigenvalue weighted by Gasteiger charge is 2.17. The van der Waals surface area contributed by atoms with Gasteiger partial charge in [-0.05, 0) is 12.5 Å². The molecule has 1 atom stereocenters. The highest BCUT2D eigenvalue weighted by molar-refractivity contribution is 5.33. The predicted molar refractivity (Wildman–Crippen MR) is 74.4 cm³/mol. The van der Waals surface area contributed by atoms with Crippen molar-refractivity contribution in [1.82, 2.24) is 10.2 Å². The number of hydrogen-bond acceptors (Lipinski definition) is 4. The first-order valence-corrected chi connectivity index (χ1v) is 7.16. The van der Waals surface area contributed by atoms with E-state index >= 15 is 0 Å². The van der Waals surface area contributed by atoms with Crippen LogP contribution in [0, 0.1) is 0 Å². The van der Waals surface area contributed by atoms with Gasteiger partial charge in [-0.25, -0.2) is 0 Å². The number of rotatable bonds is 3. The number of nitrogens with zero attached hydrogens (tertiary/aromatic N) is 1. The second-order valence-electron chi connectivity index (χ2n) is 5.25. The highest BCUT2D eigenvalue weighted by Crippen LogP contribution is 2.22. The van der Waals surface area contributed by atoms with Crippen LogP contribution in [0.25, 0.3) is 0 Å². The van der Waals surface area contributed by atoms with Crippen LogP contribution >= 0.6 is 0 Å². The molecule has 0 amide bonds. The number of benzene rings is 1. The Morgan fingerprint density at radius 3 is 3.11 bits per heavy atom. The molecule has 1 aromatic carbocycles. The lowest BCUT2D eigenvalue weighted by Crippen LogP contribution is -2.43. The van der Waals surface area contributed by atoms with E-state index in [2.05, 4.69) is 28.4 Å². The monoisotopic (exact) mass is 262 g/mol. The van der Waals surface area contributed by atoms with Gasteiger partial charge in [-0.1, -0.05) is 18.2 Å². The molecule has 0 bridgehead atoms. The summed E-state index contributed by atoms with van der Waals surface area (Å²) >= 11 is 0. The van der Waals surface area contributed by atoms with Crippen molar-refractivity contribution in [2.24, 2.45) is 0 Å². The van der Waals surface area contributed by atoms with E-state index in [1.165, 1.54) is 5.56 Å². The van der Waals surface area contributed by atoms with Gasteiger partial charge in [0.2, 0.25) is 0 Å². The molecule has 4 heteroatoms. The van der Waals surface area contributed by atoms with Gasteiger partial charge < -0.3 is 14.8 Å². The van der Waals surface area contributed by atoms with Crippen molar-refractivity contribution in [2.45, 2.75) is 19.0 Å². The van der Waals surface area contributed by atoms with E-state index in [9.17, 15) is 0 Å². The van der Waals surface area contributed by atoms with E-state index in [4.69, 9.17) is 9.47 Å². The van der Waals surface area contributed by atoms with E-state index < -0.39 is 0 Å². The minimum Gasteiger partial charge on any atom is -0.492 e. The van der Waals surface area contributed by atoms with Gasteiger partial charge in [-0.3, -0.25) is 4.90 Å². The van der Waals surface area contributed by atoms with Crippen LogP contribution in [0.5, 0.6) is 5.75 Å². The zero-order valence-corrected chi connectivity index (χ0v) is 11.3. The number of nitrogens with one attached hydrogen (secondary N) is 1. The normalized spacial score (nSPS) is 24.3. The topological polar surface area (TPSA) is 33.7 Å². The van der Waals surface area contributed by atoms with Crippen LogP contribution in [0.2, 0.25) is 0 Å². The predicted octanol–water partition coefficient (Wildman–Crippen LogP) is 1.26. The fourth-order valence-corrected chi connectivity index (χ4v) is 2.71. The molecule has 0 spiro atoms. The molecule has 1 N–H and O–H groups in total. The Morgan fingerprint density at radius 2 is 2.21 bits per heavy atom. The molecule has 0 saturated carbocycles. The summed E-state index contributed by atoms with van der Waals surface area (Å²) in [6.45, 7) is 6.55. The Labute approximate surface area is 114 Å². The van der Waals surface area contributed by atoms with Gasteiger partial charge in [-0.2, -0.15) is 0 Å². The highest BCUT2D eigenvalue weighted by atomic mass is 16.5. The number of para-hydroxylation sites is 1. The lowest BCUT2D eigenvalue weighted by Gasteiger charge is -2.27. The van der Waals surface area contributed by atoms with Crippen LogP contribution in [0.4, 0.5) is 0 Å². The van der Waals surface area contributed by atoms with E-state index in [0.29, 0.717) is 6.04 Å². The molecule has 3 rings (SSSR count).